The predicted octanol–water partition coefficient (Wildman–Crippen LogP) is 4.62. The average molecular weight is 360 g/mol. The molecule has 3 aromatic rings. The van der Waals surface area contributed by atoms with Crippen LogP contribution >= 0.6 is 0 Å². The molecule has 0 aliphatic rings. The maximum atomic E-state index is 13.0. The van der Waals surface area contributed by atoms with Gasteiger partial charge in [-0.1, -0.05) is 48.5 Å². The number of rotatable bonds is 6. The molecule has 1 atom stereocenters. The van der Waals surface area contributed by atoms with Gasteiger partial charge in [-0.25, -0.2) is 9.97 Å². The number of anilines is 2. The third kappa shape index (κ3) is 4.50. The SMILES string of the molecule is CCN(C(=O)c1cc(C)nc(NC(C)c2ccccc2)n1)c1ccccc1. The zero-order valence-corrected chi connectivity index (χ0v) is 15.9. The van der Waals surface area contributed by atoms with Crippen LogP contribution in [0.1, 0.15) is 41.6 Å². The summed E-state index contributed by atoms with van der Waals surface area (Å²) < 4.78 is 0. The third-order valence-corrected chi connectivity index (χ3v) is 4.35. The summed E-state index contributed by atoms with van der Waals surface area (Å²) >= 11 is 0. The minimum atomic E-state index is -0.135. The van der Waals surface area contributed by atoms with Gasteiger partial charge in [0.05, 0.1) is 6.04 Å². The van der Waals surface area contributed by atoms with Crippen molar-refractivity contribution in [1.82, 2.24) is 9.97 Å². The lowest BCUT2D eigenvalue weighted by Crippen LogP contribution is -2.31. The fraction of sp³-hybridized carbons (Fsp3) is 0.227. The summed E-state index contributed by atoms with van der Waals surface area (Å²) in [5.41, 5.74) is 3.12. The highest BCUT2D eigenvalue weighted by Gasteiger charge is 2.19. The number of amides is 1. The van der Waals surface area contributed by atoms with Gasteiger partial charge in [0, 0.05) is 17.9 Å². The van der Waals surface area contributed by atoms with Gasteiger partial charge in [-0.05, 0) is 44.5 Å². The Morgan fingerprint density at radius 3 is 2.30 bits per heavy atom. The van der Waals surface area contributed by atoms with Crippen LogP contribution in [0.5, 0.6) is 0 Å². The van der Waals surface area contributed by atoms with Crippen molar-refractivity contribution in [2.45, 2.75) is 26.8 Å². The van der Waals surface area contributed by atoms with Crippen LogP contribution in [0, 0.1) is 6.92 Å². The van der Waals surface area contributed by atoms with Crippen molar-refractivity contribution in [3.63, 3.8) is 0 Å². The highest BCUT2D eigenvalue weighted by Crippen LogP contribution is 2.19. The van der Waals surface area contributed by atoms with Crippen molar-refractivity contribution in [3.05, 3.63) is 83.7 Å². The molecule has 5 heteroatoms. The first kappa shape index (κ1) is 18.6. The van der Waals surface area contributed by atoms with Crippen LogP contribution < -0.4 is 10.2 Å². The molecule has 1 aromatic heterocycles. The van der Waals surface area contributed by atoms with E-state index in [0.29, 0.717) is 18.2 Å². The molecule has 1 amide bonds. The van der Waals surface area contributed by atoms with E-state index >= 15 is 0 Å². The van der Waals surface area contributed by atoms with Crippen LogP contribution in [0.25, 0.3) is 0 Å². The molecule has 1 heterocycles. The summed E-state index contributed by atoms with van der Waals surface area (Å²) in [5.74, 6) is 0.323. The van der Waals surface area contributed by atoms with E-state index in [1.165, 1.54) is 0 Å². The normalized spacial score (nSPS) is 11.7. The molecule has 0 fully saturated rings. The molecule has 1 N–H and O–H groups in total. The van der Waals surface area contributed by atoms with E-state index in [0.717, 1.165) is 16.9 Å². The van der Waals surface area contributed by atoms with Crippen molar-refractivity contribution in [3.8, 4) is 0 Å². The quantitative estimate of drug-likeness (QED) is 0.696. The Hall–Kier alpha value is -3.21. The fourth-order valence-corrected chi connectivity index (χ4v) is 2.95. The van der Waals surface area contributed by atoms with Crippen LogP contribution in [0.2, 0.25) is 0 Å². The van der Waals surface area contributed by atoms with Crippen molar-refractivity contribution in [2.75, 3.05) is 16.8 Å². The molecule has 3 rings (SSSR count). The number of aryl methyl sites for hydroxylation is 1. The Morgan fingerprint density at radius 2 is 1.67 bits per heavy atom. The van der Waals surface area contributed by atoms with Gasteiger partial charge in [-0.2, -0.15) is 0 Å². The number of benzene rings is 2. The molecule has 2 aromatic carbocycles. The first-order valence-corrected chi connectivity index (χ1v) is 9.12. The number of hydrogen-bond donors (Lipinski definition) is 1. The van der Waals surface area contributed by atoms with Crippen LogP contribution in [0.4, 0.5) is 11.6 Å². The molecule has 1 unspecified atom stereocenters. The fourth-order valence-electron chi connectivity index (χ4n) is 2.95. The van der Waals surface area contributed by atoms with Crippen LogP contribution in [0.3, 0.4) is 0 Å². The molecule has 0 saturated carbocycles. The smallest absolute Gasteiger partial charge is 0.277 e. The summed E-state index contributed by atoms with van der Waals surface area (Å²) in [5, 5.41) is 3.30. The number of nitrogens with zero attached hydrogens (tertiary/aromatic N) is 3. The first-order chi connectivity index (χ1) is 13.1. The monoisotopic (exact) mass is 360 g/mol. The van der Waals surface area contributed by atoms with E-state index < -0.39 is 0 Å². The predicted molar refractivity (Wildman–Crippen MR) is 109 cm³/mol. The van der Waals surface area contributed by atoms with Gasteiger partial charge in [-0.3, -0.25) is 4.79 Å². The summed E-state index contributed by atoms with van der Waals surface area (Å²) in [4.78, 5) is 23.7. The van der Waals surface area contributed by atoms with E-state index in [1.807, 2.05) is 81.4 Å². The van der Waals surface area contributed by atoms with E-state index in [4.69, 9.17) is 0 Å². The maximum Gasteiger partial charge on any atom is 0.277 e. The maximum absolute atomic E-state index is 13.0. The van der Waals surface area contributed by atoms with Gasteiger partial charge < -0.3 is 10.2 Å². The number of carbonyl (C=O) groups excluding carboxylic acids is 1. The number of para-hydroxylation sites is 1. The second-order valence-electron chi connectivity index (χ2n) is 6.38. The number of hydrogen-bond acceptors (Lipinski definition) is 4. The highest BCUT2D eigenvalue weighted by molar-refractivity contribution is 6.04. The standard InChI is InChI=1S/C22H24N4O/c1-4-26(19-13-9-6-10-14-19)21(27)20-15-16(2)23-22(25-20)24-17(3)18-11-7-5-8-12-18/h5-15,17H,4H2,1-3H3,(H,23,24,25). The van der Waals surface area contributed by atoms with Gasteiger partial charge in [0.2, 0.25) is 5.95 Å². The zero-order chi connectivity index (χ0) is 19.2. The van der Waals surface area contributed by atoms with E-state index in [2.05, 4.69) is 15.3 Å². The second-order valence-corrected chi connectivity index (χ2v) is 6.38. The van der Waals surface area contributed by atoms with Crippen LogP contribution in [-0.4, -0.2) is 22.4 Å². The Morgan fingerprint density at radius 1 is 1.04 bits per heavy atom. The van der Waals surface area contributed by atoms with E-state index in [9.17, 15) is 4.79 Å². The highest BCUT2D eigenvalue weighted by atomic mass is 16.2. The van der Waals surface area contributed by atoms with Gasteiger partial charge in [0.1, 0.15) is 5.69 Å². The average Bonchev–Trinajstić information content (AvgIpc) is 2.69. The topological polar surface area (TPSA) is 58.1 Å². The first-order valence-electron chi connectivity index (χ1n) is 9.12. The van der Waals surface area contributed by atoms with Crippen molar-refractivity contribution in [2.24, 2.45) is 0 Å². The van der Waals surface area contributed by atoms with Gasteiger partial charge in [-0.15, -0.1) is 0 Å². The van der Waals surface area contributed by atoms with Gasteiger partial charge in [0.15, 0.2) is 0 Å². The Balaban J connectivity index is 1.85. The molecule has 0 aliphatic carbocycles. The summed E-state index contributed by atoms with van der Waals surface area (Å²) in [7, 11) is 0. The lowest BCUT2D eigenvalue weighted by atomic mass is 10.1. The van der Waals surface area contributed by atoms with Gasteiger partial charge >= 0.3 is 0 Å². The van der Waals surface area contributed by atoms with Crippen LogP contribution in [0.15, 0.2) is 66.7 Å². The Kier molecular flexibility index (Phi) is 5.81. The molecule has 138 valence electrons. The molecular formula is C22H24N4O. The lowest BCUT2D eigenvalue weighted by Gasteiger charge is -2.21. The van der Waals surface area contributed by atoms with E-state index in [1.54, 1.807) is 11.0 Å². The minimum absolute atomic E-state index is 0.0346. The van der Waals surface area contributed by atoms with Crippen LogP contribution in [-0.2, 0) is 0 Å². The largest absolute Gasteiger partial charge is 0.348 e. The van der Waals surface area contributed by atoms with Crippen molar-refractivity contribution in [1.29, 1.82) is 0 Å². The number of aromatic nitrogens is 2. The molecule has 0 spiro atoms. The molecular weight excluding hydrogens is 336 g/mol. The molecule has 27 heavy (non-hydrogen) atoms. The summed E-state index contributed by atoms with van der Waals surface area (Å²) in [6.45, 7) is 6.44. The Bertz CT molecular complexity index is 897. The molecule has 0 radical (unpaired) electrons. The number of nitrogens with one attached hydrogen (secondary N) is 1. The summed E-state index contributed by atoms with van der Waals surface area (Å²) in [6.07, 6.45) is 0. The van der Waals surface area contributed by atoms with Crippen molar-refractivity contribution < 1.29 is 4.79 Å². The molecule has 0 bridgehead atoms. The summed E-state index contributed by atoms with van der Waals surface area (Å²) in [6, 6.07) is 21.5. The minimum Gasteiger partial charge on any atom is -0.348 e. The molecule has 0 saturated heterocycles. The molecule has 5 nitrogen and oxygen atoms in total. The van der Waals surface area contributed by atoms with E-state index in [-0.39, 0.29) is 11.9 Å². The zero-order valence-electron chi connectivity index (χ0n) is 15.9. The number of carbonyl (C=O) groups is 1. The second kappa shape index (κ2) is 8.45. The lowest BCUT2D eigenvalue weighted by molar-refractivity contribution is 0.0983. The van der Waals surface area contributed by atoms with Gasteiger partial charge in [0.25, 0.3) is 5.91 Å². The third-order valence-electron chi connectivity index (χ3n) is 4.35. The molecule has 0 aliphatic heterocycles. The van der Waals surface area contributed by atoms with Crippen molar-refractivity contribution >= 4 is 17.5 Å². The Labute approximate surface area is 160 Å².